The SMILES string of the molecule is CC1CC(=NNC(=O)c2ccccc2Cl)CC(C)(C)C1. The van der Waals surface area contributed by atoms with E-state index in [0.29, 0.717) is 16.5 Å². The molecule has 1 atom stereocenters. The largest absolute Gasteiger partial charge is 0.272 e. The predicted octanol–water partition coefficient (Wildman–Crippen LogP) is 4.27. The smallest absolute Gasteiger partial charge is 0.267 e. The van der Waals surface area contributed by atoms with Gasteiger partial charge in [-0.3, -0.25) is 4.79 Å². The van der Waals surface area contributed by atoms with Crippen LogP contribution in [-0.2, 0) is 0 Å². The molecule has 0 aliphatic heterocycles. The lowest BCUT2D eigenvalue weighted by molar-refractivity contribution is 0.0954. The lowest BCUT2D eigenvalue weighted by Crippen LogP contribution is -2.30. The van der Waals surface area contributed by atoms with Crippen LogP contribution in [0, 0.1) is 11.3 Å². The molecule has 0 aromatic heterocycles. The number of rotatable bonds is 2. The highest BCUT2D eigenvalue weighted by molar-refractivity contribution is 6.33. The monoisotopic (exact) mass is 292 g/mol. The van der Waals surface area contributed by atoms with Crippen LogP contribution in [-0.4, -0.2) is 11.6 Å². The van der Waals surface area contributed by atoms with Crippen molar-refractivity contribution in [3.63, 3.8) is 0 Å². The minimum Gasteiger partial charge on any atom is -0.267 e. The number of carbonyl (C=O) groups excluding carboxylic acids is 1. The standard InChI is InChI=1S/C16H21ClN2O/c1-11-8-12(10-16(2,3)9-11)18-19-15(20)13-6-4-5-7-14(13)17/h4-7,11H,8-10H2,1-3H3,(H,19,20). The fraction of sp³-hybridized carbons (Fsp3) is 0.500. The minimum absolute atomic E-state index is 0.251. The molecule has 1 unspecified atom stereocenters. The molecular formula is C16H21ClN2O. The number of nitrogens with one attached hydrogen (secondary N) is 1. The van der Waals surface area contributed by atoms with Crippen LogP contribution in [0.15, 0.2) is 29.4 Å². The topological polar surface area (TPSA) is 41.5 Å². The first-order valence-corrected chi connectivity index (χ1v) is 7.35. The Morgan fingerprint density at radius 1 is 1.40 bits per heavy atom. The summed E-state index contributed by atoms with van der Waals surface area (Å²) in [5.74, 6) is 0.355. The van der Waals surface area contributed by atoms with Crippen LogP contribution >= 0.6 is 11.6 Å². The van der Waals surface area contributed by atoms with Crippen LogP contribution in [0.25, 0.3) is 0 Å². The lowest BCUT2D eigenvalue weighted by atomic mass is 9.72. The molecule has 0 heterocycles. The van der Waals surface area contributed by atoms with Crippen LogP contribution in [0.3, 0.4) is 0 Å². The van der Waals surface area contributed by atoms with Gasteiger partial charge in [-0.15, -0.1) is 0 Å². The summed E-state index contributed by atoms with van der Waals surface area (Å²) in [5.41, 5.74) is 4.41. The highest BCUT2D eigenvalue weighted by Crippen LogP contribution is 2.36. The van der Waals surface area contributed by atoms with Crippen LogP contribution in [0.1, 0.15) is 50.4 Å². The molecular weight excluding hydrogens is 272 g/mol. The van der Waals surface area contributed by atoms with E-state index < -0.39 is 0 Å². The lowest BCUT2D eigenvalue weighted by Gasteiger charge is -2.34. The Hall–Kier alpha value is -1.35. The second-order valence-corrected chi connectivity index (χ2v) is 6.86. The molecule has 1 aromatic rings. The number of nitrogens with zero attached hydrogens (tertiary/aromatic N) is 1. The van der Waals surface area contributed by atoms with Gasteiger partial charge in [-0.1, -0.05) is 44.5 Å². The van der Waals surface area contributed by atoms with Crippen molar-refractivity contribution in [3.05, 3.63) is 34.9 Å². The molecule has 108 valence electrons. The van der Waals surface area contributed by atoms with E-state index in [4.69, 9.17) is 11.6 Å². The molecule has 0 saturated heterocycles. The Labute approximate surface area is 125 Å². The first-order valence-electron chi connectivity index (χ1n) is 6.98. The van der Waals surface area contributed by atoms with Gasteiger partial charge in [-0.2, -0.15) is 5.10 Å². The molecule has 0 bridgehead atoms. The fourth-order valence-electron chi connectivity index (χ4n) is 3.04. The summed E-state index contributed by atoms with van der Waals surface area (Å²) >= 11 is 6.00. The second kappa shape index (κ2) is 5.96. The summed E-state index contributed by atoms with van der Waals surface area (Å²) < 4.78 is 0. The number of hydrogen-bond donors (Lipinski definition) is 1. The zero-order chi connectivity index (χ0) is 14.8. The number of carbonyl (C=O) groups is 1. The highest BCUT2D eigenvalue weighted by atomic mass is 35.5. The number of hydrazone groups is 1. The maximum Gasteiger partial charge on any atom is 0.272 e. The molecule has 20 heavy (non-hydrogen) atoms. The van der Waals surface area contributed by atoms with Crippen LogP contribution in [0.2, 0.25) is 5.02 Å². The van der Waals surface area contributed by atoms with E-state index in [2.05, 4.69) is 31.3 Å². The molecule has 1 amide bonds. The maximum absolute atomic E-state index is 12.0. The first kappa shape index (κ1) is 15.0. The molecule has 0 radical (unpaired) electrons. The van der Waals surface area contributed by atoms with Crippen molar-refractivity contribution in [1.82, 2.24) is 5.43 Å². The van der Waals surface area contributed by atoms with Gasteiger partial charge in [0.2, 0.25) is 0 Å². The van der Waals surface area contributed by atoms with Crippen molar-refractivity contribution in [1.29, 1.82) is 0 Å². The van der Waals surface area contributed by atoms with Crippen LogP contribution in [0.5, 0.6) is 0 Å². The van der Waals surface area contributed by atoms with Crippen molar-refractivity contribution < 1.29 is 4.79 Å². The van der Waals surface area contributed by atoms with E-state index in [0.717, 1.165) is 18.6 Å². The van der Waals surface area contributed by atoms with Crippen molar-refractivity contribution in [3.8, 4) is 0 Å². The first-order chi connectivity index (χ1) is 9.37. The molecule has 3 nitrogen and oxygen atoms in total. The maximum atomic E-state index is 12.0. The Morgan fingerprint density at radius 2 is 2.10 bits per heavy atom. The predicted molar refractivity (Wildman–Crippen MR) is 83.1 cm³/mol. The van der Waals surface area contributed by atoms with Gasteiger partial charge >= 0.3 is 0 Å². The molecule has 1 fully saturated rings. The van der Waals surface area contributed by atoms with Crippen molar-refractivity contribution in [2.45, 2.75) is 40.0 Å². The highest BCUT2D eigenvalue weighted by Gasteiger charge is 2.29. The molecule has 1 aliphatic rings. The molecule has 1 aromatic carbocycles. The molecule has 1 N–H and O–H groups in total. The zero-order valence-corrected chi connectivity index (χ0v) is 13.0. The van der Waals surface area contributed by atoms with Crippen LogP contribution in [0.4, 0.5) is 0 Å². The van der Waals surface area contributed by atoms with E-state index in [1.165, 1.54) is 6.42 Å². The molecule has 2 rings (SSSR count). The number of amides is 1. The van der Waals surface area contributed by atoms with Crippen molar-refractivity contribution in [2.24, 2.45) is 16.4 Å². The quantitative estimate of drug-likeness (QED) is 0.813. The van der Waals surface area contributed by atoms with Gasteiger partial charge in [-0.25, -0.2) is 5.43 Å². The van der Waals surface area contributed by atoms with E-state index >= 15 is 0 Å². The number of halogens is 1. The second-order valence-electron chi connectivity index (χ2n) is 6.45. The molecule has 1 aliphatic carbocycles. The molecule has 1 saturated carbocycles. The normalized spacial score (nSPS) is 23.6. The average molecular weight is 293 g/mol. The Bertz CT molecular complexity index is 537. The Morgan fingerprint density at radius 3 is 2.75 bits per heavy atom. The zero-order valence-electron chi connectivity index (χ0n) is 12.2. The van der Waals surface area contributed by atoms with E-state index in [1.54, 1.807) is 24.3 Å². The van der Waals surface area contributed by atoms with E-state index in [9.17, 15) is 4.79 Å². The Balaban J connectivity index is 2.06. The van der Waals surface area contributed by atoms with Gasteiger partial charge in [0.05, 0.1) is 10.6 Å². The fourth-order valence-corrected chi connectivity index (χ4v) is 3.26. The summed E-state index contributed by atoms with van der Waals surface area (Å²) in [5, 5.41) is 4.75. The third-order valence-electron chi connectivity index (χ3n) is 3.60. The minimum atomic E-state index is -0.251. The van der Waals surface area contributed by atoms with Crippen LogP contribution < -0.4 is 5.43 Å². The molecule has 4 heteroatoms. The van der Waals surface area contributed by atoms with Gasteiger partial charge in [0.25, 0.3) is 5.91 Å². The Kier molecular flexibility index (Phi) is 4.48. The van der Waals surface area contributed by atoms with Gasteiger partial charge in [0, 0.05) is 5.71 Å². The van der Waals surface area contributed by atoms with Gasteiger partial charge in [0.1, 0.15) is 0 Å². The average Bonchev–Trinajstić information content (AvgIpc) is 2.34. The third kappa shape index (κ3) is 3.83. The number of hydrogen-bond acceptors (Lipinski definition) is 2. The number of benzene rings is 1. The summed E-state index contributed by atoms with van der Waals surface area (Å²) in [4.78, 5) is 12.0. The van der Waals surface area contributed by atoms with E-state index in [1.807, 2.05) is 0 Å². The van der Waals surface area contributed by atoms with Gasteiger partial charge in [0.15, 0.2) is 0 Å². The summed E-state index contributed by atoms with van der Waals surface area (Å²) in [6.45, 7) is 6.72. The van der Waals surface area contributed by atoms with Crippen molar-refractivity contribution in [2.75, 3.05) is 0 Å². The van der Waals surface area contributed by atoms with Crippen molar-refractivity contribution >= 4 is 23.2 Å². The van der Waals surface area contributed by atoms with E-state index in [-0.39, 0.29) is 11.3 Å². The summed E-state index contributed by atoms with van der Waals surface area (Å²) in [7, 11) is 0. The van der Waals surface area contributed by atoms with Gasteiger partial charge < -0.3 is 0 Å². The molecule has 0 spiro atoms. The van der Waals surface area contributed by atoms with Gasteiger partial charge in [-0.05, 0) is 42.7 Å². The summed E-state index contributed by atoms with van der Waals surface area (Å²) in [6, 6.07) is 7.00. The third-order valence-corrected chi connectivity index (χ3v) is 3.93. The summed E-state index contributed by atoms with van der Waals surface area (Å²) in [6.07, 6.45) is 3.08.